The lowest BCUT2D eigenvalue weighted by Crippen LogP contribution is -2.29. The number of nitrogens with zero attached hydrogens (tertiary/aromatic N) is 1. The molecule has 0 aliphatic heterocycles. The molecule has 5 nitrogen and oxygen atoms in total. The van der Waals surface area contributed by atoms with E-state index in [2.05, 4.69) is 5.32 Å². The molecule has 0 aliphatic carbocycles. The first-order chi connectivity index (χ1) is 9.63. The zero-order chi connectivity index (χ0) is 14.5. The first-order valence-electron chi connectivity index (χ1n) is 6.61. The smallest absolute Gasteiger partial charge is 0.258 e. The number of amides is 1. The van der Waals surface area contributed by atoms with Crippen molar-refractivity contribution in [3.63, 3.8) is 0 Å². The third-order valence-electron chi connectivity index (χ3n) is 3.01. The minimum Gasteiger partial charge on any atom is -0.483 e. The molecule has 20 heavy (non-hydrogen) atoms. The summed E-state index contributed by atoms with van der Waals surface area (Å²) >= 11 is 0. The zero-order valence-electron chi connectivity index (χ0n) is 11.7. The summed E-state index contributed by atoms with van der Waals surface area (Å²) in [4.78, 5) is 23.5. The zero-order valence-corrected chi connectivity index (χ0v) is 11.7. The van der Waals surface area contributed by atoms with Crippen molar-refractivity contribution < 1.29 is 9.53 Å². The van der Waals surface area contributed by atoms with Crippen LogP contribution in [0.25, 0.3) is 10.8 Å². The van der Waals surface area contributed by atoms with E-state index in [1.165, 1.54) is 4.57 Å². The van der Waals surface area contributed by atoms with Crippen LogP contribution >= 0.6 is 0 Å². The molecule has 0 saturated carbocycles. The van der Waals surface area contributed by atoms with Crippen molar-refractivity contribution in [3.8, 4) is 5.75 Å². The number of ether oxygens (including phenoxy) is 1. The molecule has 0 bridgehead atoms. The average molecular weight is 274 g/mol. The highest BCUT2D eigenvalue weighted by Gasteiger charge is 2.07. The van der Waals surface area contributed by atoms with Crippen molar-refractivity contribution in [1.82, 2.24) is 9.88 Å². The normalized spacial score (nSPS) is 10.5. The molecular weight excluding hydrogens is 256 g/mol. The fourth-order valence-electron chi connectivity index (χ4n) is 1.93. The minimum absolute atomic E-state index is 0.0473. The van der Waals surface area contributed by atoms with E-state index in [9.17, 15) is 9.59 Å². The lowest BCUT2D eigenvalue weighted by Gasteiger charge is -2.10. The molecule has 0 aliphatic rings. The van der Waals surface area contributed by atoms with Crippen molar-refractivity contribution in [2.75, 3.05) is 13.2 Å². The van der Waals surface area contributed by atoms with Gasteiger partial charge in [-0.25, -0.2) is 0 Å². The van der Waals surface area contributed by atoms with Gasteiger partial charge >= 0.3 is 0 Å². The number of carbonyl (C=O) groups is 1. The molecule has 0 unspecified atom stereocenters. The van der Waals surface area contributed by atoms with Crippen molar-refractivity contribution in [2.45, 2.75) is 13.3 Å². The molecule has 5 heteroatoms. The second-order valence-corrected chi connectivity index (χ2v) is 4.59. The molecule has 1 aromatic carbocycles. The SMILES string of the molecule is CCCNC(=O)COc1cccc2c(=O)n(C)ccc12. The van der Waals surface area contributed by atoms with Crippen LogP contribution in [-0.2, 0) is 11.8 Å². The van der Waals surface area contributed by atoms with Crippen LogP contribution in [0.5, 0.6) is 5.75 Å². The summed E-state index contributed by atoms with van der Waals surface area (Å²) in [5, 5.41) is 4.05. The van der Waals surface area contributed by atoms with Gasteiger partial charge in [-0.2, -0.15) is 0 Å². The number of hydrogen-bond donors (Lipinski definition) is 1. The standard InChI is InChI=1S/C15H18N2O3/c1-3-8-16-14(18)10-20-13-6-4-5-12-11(13)7-9-17(2)15(12)19/h4-7,9H,3,8,10H2,1-2H3,(H,16,18). The third-order valence-corrected chi connectivity index (χ3v) is 3.01. The van der Waals surface area contributed by atoms with Gasteiger partial charge in [-0.15, -0.1) is 0 Å². The van der Waals surface area contributed by atoms with Crippen LogP contribution in [0.1, 0.15) is 13.3 Å². The molecule has 0 spiro atoms. The van der Waals surface area contributed by atoms with Gasteiger partial charge in [0.05, 0.1) is 5.39 Å². The van der Waals surface area contributed by atoms with E-state index in [1.807, 2.05) is 13.0 Å². The number of benzene rings is 1. The van der Waals surface area contributed by atoms with E-state index in [0.29, 0.717) is 17.7 Å². The highest BCUT2D eigenvalue weighted by molar-refractivity contribution is 5.88. The maximum atomic E-state index is 12.0. The van der Waals surface area contributed by atoms with Crippen LogP contribution in [0.4, 0.5) is 0 Å². The maximum Gasteiger partial charge on any atom is 0.258 e. The summed E-state index contributed by atoms with van der Waals surface area (Å²) in [6.45, 7) is 2.58. The molecule has 0 fully saturated rings. The summed E-state index contributed by atoms with van der Waals surface area (Å²) < 4.78 is 7.03. The van der Waals surface area contributed by atoms with Crippen LogP contribution in [0, 0.1) is 0 Å². The van der Waals surface area contributed by atoms with E-state index < -0.39 is 0 Å². The summed E-state index contributed by atoms with van der Waals surface area (Å²) in [6.07, 6.45) is 2.57. The van der Waals surface area contributed by atoms with Crippen LogP contribution in [0.15, 0.2) is 35.3 Å². The number of rotatable bonds is 5. The highest BCUT2D eigenvalue weighted by Crippen LogP contribution is 2.22. The fourth-order valence-corrected chi connectivity index (χ4v) is 1.93. The molecule has 0 radical (unpaired) electrons. The average Bonchev–Trinajstić information content (AvgIpc) is 2.46. The van der Waals surface area contributed by atoms with Crippen molar-refractivity contribution >= 4 is 16.7 Å². The number of nitrogens with one attached hydrogen (secondary N) is 1. The van der Waals surface area contributed by atoms with E-state index in [0.717, 1.165) is 11.8 Å². The van der Waals surface area contributed by atoms with Crippen LogP contribution in [0.3, 0.4) is 0 Å². The Balaban J connectivity index is 2.21. The van der Waals surface area contributed by atoms with Crippen molar-refractivity contribution in [3.05, 3.63) is 40.8 Å². The van der Waals surface area contributed by atoms with E-state index in [-0.39, 0.29) is 18.1 Å². The molecular formula is C15H18N2O3. The monoisotopic (exact) mass is 274 g/mol. The third kappa shape index (κ3) is 2.99. The fraction of sp³-hybridized carbons (Fsp3) is 0.333. The second-order valence-electron chi connectivity index (χ2n) is 4.59. The lowest BCUT2D eigenvalue weighted by atomic mass is 10.1. The Morgan fingerprint density at radius 2 is 2.10 bits per heavy atom. The Hall–Kier alpha value is -2.30. The van der Waals surface area contributed by atoms with Gasteiger partial charge in [0.1, 0.15) is 5.75 Å². The largest absolute Gasteiger partial charge is 0.483 e. The summed E-state index contributed by atoms with van der Waals surface area (Å²) in [7, 11) is 1.70. The van der Waals surface area contributed by atoms with Gasteiger partial charge in [0.15, 0.2) is 6.61 Å². The van der Waals surface area contributed by atoms with Gasteiger partial charge in [-0.3, -0.25) is 9.59 Å². The molecule has 1 aromatic heterocycles. The quantitative estimate of drug-likeness (QED) is 0.897. The van der Waals surface area contributed by atoms with Gasteiger partial charge < -0.3 is 14.6 Å². The van der Waals surface area contributed by atoms with Gasteiger partial charge in [0.25, 0.3) is 11.5 Å². The first kappa shape index (κ1) is 14.1. The van der Waals surface area contributed by atoms with Gasteiger partial charge in [-0.1, -0.05) is 13.0 Å². The summed E-state index contributed by atoms with van der Waals surface area (Å²) in [5.74, 6) is 0.388. The number of aromatic nitrogens is 1. The Labute approximate surface area is 117 Å². The first-order valence-corrected chi connectivity index (χ1v) is 6.61. The van der Waals surface area contributed by atoms with Crippen LogP contribution in [0.2, 0.25) is 0 Å². The lowest BCUT2D eigenvalue weighted by molar-refractivity contribution is -0.123. The highest BCUT2D eigenvalue weighted by atomic mass is 16.5. The molecule has 106 valence electrons. The van der Waals surface area contributed by atoms with E-state index >= 15 is 0 Å². The number of aryl methyl sites for hydroxylation is 1. The molecule has 1 N–H and O–H groups in total. The van der Waals surface area contributed by atoms with Gasteiger partial charge in [0, 0.05) is 25.2 Å². The summed E-state index contributed by atoms with van der Waals surface area (Å²) in [5.41, 5.74) is -0.0802. The number of carbonyl (C=O) groups excluding carboxylic acids is 1. The number of fused-ring (bicyclic) bond motifs is 1. The van der Waals surface area contributed by atoms with Gasteiger partial charge in [0.2, 0.25) is 0 Å². The summed E-state index contributed by atoms with van der Waals surface area (Å²) in [6, 6.07) is 7.08. The number of pyridine rings is 1. The minimum atomic E-state index is -0.160. The Bertz CT molecular complexity index is 676. The van der Waals surface area contributed by atoms with Gasteiger partial charge in [-0.05, 0) is 24.6 Å². The van der Waals surface area contributed by atoms with E-state index in [4.69, 9.17) is 4.74 Å². The predicted molar refractivity (Wildman–Crippen MR) is 78.0 cm³/mol. The van der Waals surface area contributed by atoms with Crippen molar-refractivity contribution in [2.24, 2.45) is 7.05 Å². The second kappa shape index (κ2) is 6.23. The van der Waals surface area contributed by atoms with Crippen molar-refractivity contribution in [1.29, 1.82) is 0 Å². The Morgan fingerprint density at radius 1 is 1.30 bits per heavy atom. The predicted octanol–water partition coefficient (Wildman–Crippen LogP) is 1.44. The maximum absolute atomic E-state index is 12.0. The Kier molecular flexibility index (Phi) is 4.40. The Morgan fingerprint density at radius 3 is 2.85 bits per heavy atom. The number of hydrogen-bond acceptors (Lipinski definition) is 3. The molecule has 1 amide bonds. The topological polar surface area (TPSA) is 60.3 Å². The molecule has 1 heterocycles. The molecule has 2 aromatic rings. The molecule has 2 rings (SSSR count). The van der Waals surface area contributed by atoms with Crippen LogP contribution in [-0.4, -0.2) is 23.6 Å². The molecule has 0 saturated heterocycles. The van der Waals surface area contributed by atoms with Crippen LogP contribution < -0.4 is 15.6 Å². The molecule has 0 atom stereocenters. The van der Waals surface area contributed by atoms with E-state index in [1.54, 1.807) is 31.4 Å².